The van der Waals surface area contributed by atoms with Crippen LogP contribution in [-0.2, 0) is 6.54 Å². The lowest BCUT2D eigenvalue weighted by molar-refractivity contribution is 0.0516. The van der Waals surface area contributed by atoms with Crippen molar-refractivity contribution in [3.05, 3.63) is 18.0 Å². The van der Waals surface area contributed by atoms with Gasteiger partial charge in [0, 0.05) is 63.3 Å². The molecule has 0 aromatic carbocycles. The zero-order valence-corrected chi connectivity index (χ0v) is 14.6. The van der Waals surface area contributed by atoms with Gasteiger partial charge in [0.15, 0.2) is 0 Å². The molecule has 0 radical (unpaired) electrons. The molecule has 1 aromatic rings. The van der Waals surface area contributed by atoms with Gasteiger partial charge < -0.3 is 9.84 Å². The number of likely N-dealkylation sites (tertiary alicyclic amines) is 1. The number of hydrogen-bond donors (Lipinski definition) is 1. The van der Waals surface area contributed by atoms with Crippen molar-refractivity contribution in [3.8, 4) is 6.01 Å². The number of methoxy groups -OCH3 is 1. The van der Waals surface area contributed by atoms with Gasteiger partial charge in [-0.2, -0.15) is 0 Å². The van der Waals surface area contributed by atoms with Crippen molar-refractivity contribution in [2.45, 2.75) is 25.4 Å². The first kappa shape index (κ1) is 17.5. The quantitative estimate of drug-likeness (QED) is 0.788. The van der Waals surface area contributed by atoms with Crippen LogP contribution in [0.15, 0.2) is 12.4 Å². The highest BCUT2D eigenvalue weighted by molar-refractivity contribution is 5.07. The van der Waals surface area contributed by atoms with E-state index in [2.05, 4.69) is 24.7 Å². The first-order chi connectivity index (χ1) is 11.8. The molecule has 7 nitrogen and oxygen atoms in total. The molecular weight excluding hydrogens is 306 g/mol. The Morgan fingerprint density at radius 1 is 1.04 bits per heavy atom. The van der Waals surface area contributed by atoms with Crippen LogP contribution >= 0.6 is 0 Å². The van der Waals surface area contributed by atoms with Crippen LogP contribution < -0.4 is 4.74 Å². The standard InChI is InChI=1S/C17H29N5O2/c1-24-17-18-12-15(13-19-17)14-21-4-2-16(3-5-21)22-8-6-20(7-9-22)10-11-23/h12-13,16,23H,2-11,14H2,1H3. The molecule has 0 amide bonds. The van der Waals surface area contributed by atoms with Crippen molar-refractivity contribution in [2.24, 2.45) is 0 Å². The van der Waals surface area contributed by atoms with E-state index >= 15 is 0 Å². The van der Waals surface area contributed by atoms with E-state index in [1.165, 1.54) is 12.8 Å². The molecule has 1 aromatic heterocycles. The number of nitrogens with zero attached hydrogens (tertiary/aromatic N) is 5. The van der Waals surface area contributed by atoms with Crippen LogP contribution in [-0.4, -0.2) is 95.3 Å². The molecule has 24 heavy (non-hydrogen) atoms. The summed E-state index contributed by atoms with van der Waals surface area (Å²) in [6.07, 6.45) is 6.19. The van der Waals surface area contributed by atoms with Crippen molar-refractivity contribution in [1.82, 2.24) is 24.7 Å². The van der Waals surface area contributed by atoms with Gasteiger partial charge in [-0.05, 0) is 25.9 Å². The molecule has 3 rings (SSSR count). The fourth-order valence-corrected chi connectivity index (χ4v) is 3.72. The highest BCUT2D eigenvalue weighted by atomic mass is 16.5. The number of aliphatic hydroxyl groups excluding tert-OH is 1. The van der Waals surface area contributed by atoms with E-state index in [0.717, 1.165) is 57.9 Å². The van der Waals surface area contributed by atoms with Gasteiger partial charge in [-0.1, -0.05) is 0 Å². The molecule has 0 aliphatic carbocycles. The number of ether oxygens (including phenoxy) is 1. The van der Waals surface area contributed by atoms with Crippen LogP contribution in [0.25, 0.3) is 0 Å². The summed E-state index contributed by atoms with van der Waals surface area (Å²) >= 11 is 0. The zero-order chi connectivity index (χ0) is 16.8. The van der Waals surface area contributed by atoms with E-state index in [4.69, 9.17) is 9.84 Å². The van der Waals surface area contributed by atoms with Crippen LogP contribution in [0.5, 0.6) is 6.01 Å². The molecule has 2 saturated heterocycles. The van der Waals surface area contributed by atoms with Crippen LogP contribution in [0, 0.1) is 0 Å². The largest absolute Gasteiger partial charge is 0.467 e. The second kappa shape index (κ2) is 8.71. The SMILES string of the molecule is COc1ncc(CN2CCC(N3CCN(CCO)CC3)CC2)cn1. The second-order valence-electron chi connectivity index (χ2n) is 6.69. The molecule has 2 aliphatic rings. The molecule has 0 atom stereocenters. The maximum absolute atomic E-state index is 9.04. The van der Waals surface area contributed by atoms with E-state index in [9.17, 15) is 0 Å². The van der Waals surface area contributed by atoms with Crippen LogP contribution in [0.1, 0.15) is 18.4 Å². The van der Waals surface area contributed by atoms with Crippen molar-refractivity contribution in [2.75, 3.05) is 59.5 Å². The number of piperazine rings is 1. The minimum atomic E-state index is 0.271. The fraction of sp³-hybridized carbons (Fsp3) is 0.765. The molecule has 0 unspecified atom stereocenters. The Balaban J connectivity index is 1.41. The zero-order valence-electron chi connectivity index (χ0n) is 14.6. The normalized spacial score (nSPS) is 21.9. The molecule has 0 saturated carbocycles. The average Bonchev–Trinajstić information content (AvgIpc) is 2.64. The van der Waals surface area contributed by atoms with Gasteiger partial charge in [0.1, 0.15) is 0 Å². The van der Waals surface area contributed by atoms with E-state index in [-0.39, 0.29) is 6.61 Å². The third-order valence-electron chi connectivity index (χ3n) is 5.17. The maximum Gasteiger partial charge on any atom is 0.316 e. The van der Waals surface area contributed by atoms with Crippen molar-refractivity contribution < 1.29 is 9.84 Å². The van der Waals surface area contributed by atoms with Crippen LogP contribution in [0.2, 0.25) is 0 Å². The third-order valence-corrected chi connectivity index (χ3v) is 5.17. The number of rotatable bonds is 6. The molecule has 3 heterocycles. The summed E-state index contributed by atoms with van der Waals surface area (Å²) in [4.78, 5) is 15.9. The Labute approximate surface area is 144 Å². The number of β-amino-alcohol motifs (C(OH)–C–C–N with tert-alkyl or cyclic N) is 1. The first-order valence-electron chi connectivity index (χ1n) is 8.93. The Morgan fingerprint density at radius 2 is 1.71 bits per heavy atom. The molecule has 0 bridgehead atoms. The summed E-state index contributed by atoms with van der Waals surface area (Å²) in [5.74, 6) is 0. The number of piperidine rings is 1. The van der Waals surface area contributed by atoms with E-state index < -0.39 is 0 Å². The molecule has 0 spiro atoms. The Bertz CT molecular complexity index is 482. The number of aliphatic hydroxyl groups is 1. The van der Waals surface area contributed by atoms with Crippen molar-refractivity contribution in [3.63, 3.8) is 0 Å². The minimum absolute atomic E-state index is 0.271. The van der Waals surface area contributed by atoms with E-state index in [0.29, 0.717) is 12.1 Å². The van der Waals surface area contributed by atoms with Crippen molar-refractivity contribution in [1.29, 1.82) is 0 Å². The summed E-state index contributed by atoms with van der Waals surface area (Å²) in [6, 6.07) is 1.14. The lowest BCUT2D eigenvalue weighted by atomic mass is 10.0. The Kier molecular flexibility index (Phi) is 6.37. The lowest BCUT2D eigenvalue weighted by Gasteiger charge is -2.42. The summed E-state index contributed by atoms with van der Waals surface area (Å²) in [7, 11) is 1.59. The highest BCUT2D eigenvalue weighted by Crippen LogP contribution is 2.19. The van der Waals surface area contributed by atoms with Crippen LogP contribution in [0.3, 0.4) is 0 Å². The van der Waals surface area contributed by atoms with Gasteiger partial charge in [0.2, 0.25) is 0 Å². The van der Waals surface area contributed by atoms with Gasteiger partial charge in [0.05, 0.1) is 13.7 Å². The molecule has 2 fully saturated rings. The predicted molar refractivity (Wildman–Crippen MR) is 92.0 cm³/mol. The second-order valence-corrected chi connectivity index (χ2v) is 6.69. The number of hydrogen-bond acceptors (Lipinski definition) is 7. The van der Waals surface area contributed by atoms with Gasteiger partial charge >= 0.3 is 6.01 Å². The van der Waals surface area contributed by atoms with Gasteiger partial charge in [-0.15, -0.1) is 0 Å². The first-order valence-corrected chi connectivity index (χ1v) is 8.93. The molecule has 2 aliphatic heterocycles. The smallest absolute Gasteiger partial charge is 0.316 e. The monoisotopic (exact) mass is 335 g/mol. The number of aromatic nitrogens is 2. The maximum atomic E-state index is 9.04. The molecule has 134 valence electrons. The average molecular weight is 335 g/mol. The minimum Gasteiger partial charge on any atom is -0.467 e. The molecule has 1 N–H and O–H groups in total. The third kappa shape index (κ3) is 4.63. The van der Waals surface area contributed by atoms with Crippen molar-refractivity contribution >= 4 is 0 Å². The summed E-state index contributed by atoms with van der Waals surface area (Å²) in [5.41, 5.74) is 1.15. The summed E-state index contributed by atoms with van der Waals surface area (Å²) in [6.45, 7) is 8.72. The van der Waals surface area contributed by atoms with Crippen LogP contribution in [0.4, 0.5) is 0 Å². The Morgan fingerprint density at radius 3 is 2.29 bits per heavy atom. The van der Waals surface area contributed by atoms with E-state index in [1.807, 2.05) is 12.4 Å². The lowest BCUT2D eigenvalue weighted by Crippen LogP contribution is -2.53. The topological polar surface area (TPSA) is 65.0 Å². The molecular formula is C17H29N5O2. The van der Waals surface area contributed by atoms with Gasteiger partial charge in [-0.3, -0.25) is 14.7 Å². The predicted octanol–water partition coefficient (Wildman–Crippen LogP) is 0.0595. The van der Waals surface area contributed by atoms with Gasteiger partial charge in [-0.25, -0.2) is 9.97 Å². The molecule has 7 heteroatoms. The Hall–Kier alpha value is -1.28. The fourth-order valence-electron chi connectivity index (χ4n) is 3.72. The van der Waals surface area contributed by atoms with E-state index in [1.54, 1.807) is 7.11 Å². The summed E-state index contributed by atoms with van der Waals surface area (Å²) < 4.78 is 5.00. The summed E-state index contributed by atoms with van der Waals surface area (Å²) in [5, 5.41) is 9.04. The van der Waals surface area contributed by atoms with Gasteiger partial charge in [0.25, 0.3) is 0 Å². The highest BCUT2D eigenvalue weighted by Gasteiger charge is 2.27.